The lowest BCUT2D eigenvalue weighted by Crippen LogP contribution is -2.29. The molecule has 0 saturated heterocycles. The van der Waals surface area contributed by atoms with Crippen LogP contribution in [0.1, 0.15) is 12.8 Å². The van der Waals surface area contributed by atoms with Gasteiger partial charge in [-0.15, -0.1) is 0 Å². The number of pyridine rings is 1. The van der Waals surface area contributed by atoms with E-state index >= 15 is 0 Å². The number of hydrogen-bond donors (Lipinski definition) is 8. The minimum Gasteiger partial charge on any atom is -0.394 e. The van der Waals surface area contributed by atoms with Crippen LogP contribution in [0.4, 0.5) is 11.5 Å². The zero-order valence-corrected chi connectivity index (χ0v) is 12.0. The lowest BCUT2D eigenvalue weighted by atomic mass is 10.2. The Morgan fingerprint density at radius 3 is 2.00 bits per heavy atom. The summed E-state index contributed by atoms with van der Waals surface area (Å²) in [5.41, 5.74) is 0.373. The first-order valence-electron chi connectivity index (χ1n) is 6.88. The Bertz CT molecular complexity index is 397. The summed E-state index contributed by atoms with van der Waals surface area (Å²) in [7, 11) is 0. The van der Waals surface area contributed by atoms with Gasteiger partial charge in [0.05, 0.1) is 31.1 Å². The first kappa shape index (κ1) is 18.6. The van der Waals surface area contributed by atoms with E-state index in [9.17, 15) is 20.4 Å². The van der Waals surface area contributed by atoms with Gasteiger partial charge in [0, 0.05) is 19.0 Å². The molecule has 0 aliphatic carbocycles. The van der Waals surface area contributed by atoms with Crippen molar-refractivity contribution < 1.29 is 30.6 Å². The van der Waals surface area contributed by atoms with Gasteiger partial charge in [-0.2, -0.15) is 0 Å². The van der Waals surface area contributed by atoms with Crippen LogP contribution in [0.3, 0.4) is 0 Å². The summed E-state index contributed by atoms with van der Waals surface area (Å²) < 4.78 is 0. The second kappa shape index (κ2) is 9.51. The van der Waals surface area contributed by atoms with Gasteiger partial charge in [0.1, 0.15) is 12.5 Å². The van der Waals surface area contributed by atoms with E-state index in [1.807, 2.05) is 0 Å². The Morgan fingerprint density at radius 1 is 0.909 bits per heavy atom. The van der Waals surface area contributed by atoms with Crippen LogP contribution in [0, 0.1) is 0 Å². The normalized spacial score (nSPS) is 16.6. The van der Waals surface area contributed by atoms with Gasteiger partial charge in [-0.1, -0.05) is 0 Å². The van der Waals surface area contributed by atoms with Gasteiger partial charge in [0.25, 0.3) is 0 Å². The zero-order chi connectivity index (χ0) is 16.5. The average Bonchev–Trinajstić information content (AvgIpc) is 2.48. The number of aliphatic hydroxyl groups excluding tert-OH is 6. The Kier molecular flexibility index (Phi) is 8.02. The van der Waals surface area contributed by atoms with Crippen molar-refractivity contribution in [2.24, 2.45) is 0 Å². The summed E-state index contributed by atoms with van der Waals surface area (Å²) in [5.74, 6) is 0.234. The molecule has 9 heteroatoms. The van der Waals surface area contributed by atoms with E-state index in [-0.39, 0.29) is 18.7 Å². The molecule has 4 unspecified atom stereocenters. The average molecular weight is 317 g/mol. The van der Waals surface area contributed by atoms with Crippen molar-refractivity contribution in [1.82, 2.24) is 4.98 Å². The van der Waals surface area contributed by atoms with Gasteiger partial charge in [0.15, 0.2) is 5.82 Å². The Morgan fingerprint density at radius 2 is 1.45 bits per heavy atom. The third kappa shape index (κ3) is 6.52. The van der Waals surface area contributed by atoms with E-state index in [0.717, 1.165) is 0 Å². The molecular weight excluding hydrogens is 294 g/mol. The van der Waals surface area contributed by atoms with Crippen LogP contribution in [-0.2, 0) is 0 Å². The SMILES string of the molecule is OCC(O)CC(O)Nc1cccnc1NC(O)CC(O)CO. The topological polar surface area (TPSA) is 158 Å². The fraction of sp³-hybridized carbons (Fsp3) is 0.615. The molecule has 0 aromatic carbocycles. The number of hydrogen-bond acceptors (Lipinski definition) is 9. The van der Waals surface area contributed by atoms with E-state index in [2.05, 4.69) is 15.6 Å². The molecule has 0 aliphatic heterocycles. The molecule has 0 radical (unpaired) electrons. The third-order valence-electron chi connectivity index (χ3n) is 2.85. The van der Waals surface area contributed by atoms with Crippen LogP contribution in [0.25, 0.3) is 0 Å². The molecule has 0 fully saturated rings. The van der Waals surface area contributed by atoms with Crippen LogP contribution in [0.15, 0.2) is 18.3 Å². The van der Waals surface area contributed by atoms with Crippen LogP contribution in [0.2, 0.25) is 0 Å². The van der Waals surface area contributed by atoms with Gasteiger partial charge in [-0.3, -0.25) is 0 Å². The molecule has 1 rings (SSSR count). The highest BCUT2D eigenvalue weighted by Gasteiger charge is 2.16. The Balaban J connectivity index is 2.65. The maximum absolute atomic E-state index is 9.77. The lowest BCUT2D eigenvalue weighted by Gasteiger charge is -2.21. The minimum atomic E-state index is -1.14. The van der Waals surface area contributed by atoms with E-state index in [4.69, 9.17) is 10.2 Å². The van der Waals surface area contributed by atoms with Crippen LogP contribution >= 0.6 is 0 Å². The fourth-order valence-electron chi connectivity index (χ4n) is 1.76. The molecule has 126 valence electrons. The molecule has 1 aromatic rings. The predicted octanol–water partition coefficient (Wildman–Crippen LogP) is -1.97. The maximum atomic E-state index is 9.77. The number of nitrogens with one attached hydrogen (secondary N) is 2. The van der Waals surface area contributed by atoms with Gasteiger partial charge in [0.2, 0.25) is 0 Å². The summed E-state index contributed by atoms with van der Waals surface area (Å²) in [6, 6.07) is 3.21. The molecule has 0 amide bonds. The van der Waals surface area contributed by atoms with E-state index in [1.54, 1.807) is 12.1 Å². The number of aromatic nitrogens is 1. The molecular formula is C13H23N3O6. The van der Waals surface area contributed by atoms with Crippen molar-refractivity contribution in [2.45, 2.75) is 37.5 Å². The molecule has 0 aliphatic rings. The molecule has 4 atom stereocenters. The second-order valence-corrected chi connectivity index (χ2v) is 4.86. The quantitative estimate of drug-likeness (QED) is 0.229. The molecule has 0 spiro atoms. The Hall–Kier alpha value is -1.49. The number of nitrogens with zero attached hydrogens (tertiary/aromatic N) is 1. The largest absolute Gasteiger partial charge is 0.394 e. The summed E-state index contributed by atoms with van der Waals surface area (Å²) >= 11 is 0. The second-order valence-electron chi connectivity index (χ2n) is 4.86. The van der Waals surface area contributed by atoms with Gasteiger partial charge < -0.3 is 41.3 Å². The van der Waals surface area contributed by atoms with Crippen LogP contribution in [0.5, 0.6) is 0 Å². The smallest absolute Gasteiger partial charge is 0.151 e. The van der Waals surface area contributed by atoms with Crippen molar-refractivity contribution in [3.05, 3.63) is 18.3 Å². The first-order chi connectivity index (χ1) is 10.5. The number of anilines is 2. The molecule has 9 nitrogen and oxygen atoms in total. The zero-order valence-electron chi connectivity index (χ0n) is 12.0. The Labute approximate surface area is 127 Å². The highest BCUT2D eigenvalue weighted by Crippen LogP contribution is 2.20. The van der Waals surface area contributed by atoms with E-state index < -0.39 is 37.9 Å². The number of rotatable bonds is 10. The van der Waals surface area contributed by atoms with Gasteiger partial charge in [-0.05, 0) is 12.1 Å². The minimum absolute atomic E-state index is 0.0867. The monoisotopic (exact) mass is 317 g/mol. The fourth-order valence-corrected chi connectivity index (χ4v) is 1.76. The van der Waals surface area contributed by atoms with Crippen molar-refractivity contribution in [3.8, 4) is 0 Å². The predicted molar refractivity (Wildman–Crippen MR) is 78.9 cm³/mol. The standard InChI is InChI=1S/C13H23N3O6/c17-6-8(19)4-11(21)15-10-2-1-3-14-13(10)16-12(22)5-9(20)7-18/h1-3,8-9,11-12,15,17-22H,4-7H2,(H,14,16). The lowest BCUT2D eigenvalue weighted by molar-refractivity contribution is 0.0495. The molecule has 8 N–H and O–H groups in total. The van der Waals surface area contributed by atoms with Crippen molar-refractivity contribution in [3.63, 3.8) is 0 Å². The molecule has 1 heterocycles. The van der Waals surface area contributed by atoms with Crippen molar-refractivity contribution in [2.75, 3.05) is 23.8 Å². The van der Waals surface area contributed by atoms with E-state index in [1.165, 1.54) is 6.20 Å². The van der Waals surface area contributed by atoms with E-state index in [0.29, 0.717) is 5.69 Å². The summed E-state index contributed by atoms with van der Waals surface area (Å²) in [4.78, 5) is 4.00. The van der Waals surface area contributed by atoms with Crippen molar-refractivity contribution in [1.29, 1.82) is 0 Å². The summed E-state index contributed by atoms with van der Waals surface area (Å²) in [6.07, 6.45) is -3.09. The first-order valence-corrected chi connectivity index (χ1v) is 6.88. The summed E-state index contributed by atoms with van der Waals surface area (Å²) in [5, 5.41) is 60.9. The highest BCUT2D eigenvalue weighted by molar-refractivity contribution is 5.64. The molecule has 22 heavy (non-hydrogen) atoms. The number of aliphatic hydroxyl groups is 6. The van der Waals surface area contributed by atoms with Gasteiger partial charge in [-0.25, -0.2) is 4.98 Å². The van der Waals surface area contributed by atoms with Crippen LogP contribution < -0.4 is 10.6 Å². The third-order valence-corrected chi connectivity index (χ3v) is 2.85. The van der Waals surface area contributed by atoms with Gasteiger partial charge >= 0.3 is 0 Å². The van der Waals surface area contributed by atoms with Crippen molar-refractivity contribution >= 4 is 11.5 Å². The maximum Gasteiger partial charge on any atom is 0.151 e. The molecule has 0 saturated carbocycles. The summed E-state index contributed by atoms with van der Waals surface area (Å²) in [6.45, 7) is -0.932. The molecule has 0 bridgehead atoms. The van der Waals surface area contributed by atoms with Crippen LogP contribution in [-0.4, -0.2) is 73.5 Å². The highest BCUT2D eigenvalue weighted by atomic mass is 16.3. The molecule has 1 aromatic heterocycles.